The van der Waals surface area contributed by atoms with Crippen LogP contribution >= 0.6 is 0 Å². The Kier molecular flexibility index (Phi) is 6.47. The van der Waals surface area contributed by atoms with Crippen molar-refractivity contribution < 1.29 is 14.3 Å². The zero-order chi connectivity index (χ0) is 19.9. The predicted molar refractivity (Wildman–Crippen MR) is 107 cm³/mol. The zero-order valence-electron chi connectivity index (χ0n) is 16.1. The molecule has 5 heteroatoms. The minimum Gasteiger partial charge on any atom is -0.466 e. The summed E-state index contributed by atoms with van der Waals surface area (Å²) in [5.41, 5.74) is 4.06. The third-order valence-electron chi connectivity index (χ3n) is 5.26. The van der Waals surface area contributed by atoms with E-state index < -0.39 is 0 Å². The molecule has 1 unspecified atom stereocenters. The minimum atomic E-state index is -0.136. The van der Waals surface area contributed by atoms with Gasteiger partial charge in [-0.2, -0.15) is 5.26 Å². The number of carbonyl (C=O) groups is 1. The Labute approximate surface area is 165 Å². The smallest absolute Gasteiger partial charge is 0.306 e. The van der Waals surface area contributed by atoms with Crippen molar-refractivity contribution >= 4 is 17.5 Å². The SMILES string of the molecule is CCOC(=O)CC1CCCN(C2=CC=C(c3ccc(C#N)cc3)C(=C=O)C2)C1. The molecule has 0 bridgehead atoms. The van der Waals surface area contributed by atoms with Crippen LogP contribution < -0.4 is 0 Å². The molecular weight excluding hydrogens is 352 g/mol. The lowest BCUT2D eigenvalue weighted by Gasteiger charge is -2.36. The first-order valence-electron chi connectivity index (χ1n) is 9.71. The third-order valence-corrected chi connectivity index (χ3v) is 5.26. The molecule has 1 atom stereocenters. The van der Waals surface area contributed by atoms with Crippen LogP contribution in [0.25, 0.3) is 5.57 Å². The number of nitriles is 1. The van der Waals surface area contributed by atoms with Crippen LogP contribution in [0, 0.1) is 17.2 Å². The molecule has 5 nitrogen and oxygen atoms in total. The molecular formula is C23H24N2O3. The van der Waals surface area contributed by atoms with Crippen LogP contribution in [0.4, 0.5) is 0 Å². The molecule has 0 saturated carbocycles. The average Bonchev–Trinajstić information content (AvgIpc) is 2.73. The standard InChI is InChI=1S/C23H24N2O3/c1-2-28-23(27)12-18-4-3-11-25(15-18)21-9-10-22(20(13-21)16-26)19-7-5-17(14-24)6-8-19/h5-10,18H,2-4,11-13,15H2,1H3. The molecule has 0 N–H and O–H groups in total. The Morgan fingerprint density at radius 2 is 2.07 bits per heavy atom. The summed E-state index contributed by atoms with van der Waals surface area (Å²) < 4.78 is 5.08. The van der Waals surface area contributed by atoms with Crippen LogP contribution in [0.1, 0.15) is 43.7 Å². The number of likely N-dealkylation sites (tertiary alicyclic amines) is 1. The van der Waals surface area contributed by atoms with Gasteiger partial charge in [0.05, 0.1) is 24.7 Å². The van der Waals surface area contributed by atoms with Crippen LogP contribution in [0.5, 0.6) is 0 Å². The number of esters is 1. The maximum Gasteiger partial charge on any atom is 0.306 e. The van der Waals surface area contributed by atoms with Gasteiger partial charge in [-0.3, -0.25) is 4.79 Å². The second-order valence-electron chi connectivity index (χ2n) is 7.15. The summed E-state index contributed by atoms with van der Waals surface area (Å²) in [5, 5.41) is 8.95. The van der Waals surface area contributed by atoms with E-state index in [1.807, 2.05) is 25.1 Å². The molecule has 144 valence electrons. The van der Waals surface area contributed by atoms with Gasteiger partial charge in [-0.25, -0.2) is 4.79 Å². The minimum absolute atomic E-state index is 0.136. The van der Waals surface area contributed by atoms with Gasteiger partial charge in [0, 0.05) is 30.8 Å². The average molecular weight is 376 g/mol. The first-order chi connectivity index (χ1) is 13.6. The van der Waals surface area contributed by atoms with Crippen molar-refractivity contribution in [1.82, 2.24) is 4.90 Å². The van der Waals surface area contributed by atoms with E-state index in [9.17, 15) is 9.59 Å². The number of hydrogen-bond acceptors (Lipinski definition) is 5. The monoisotopic (exact) mass is 376 g/mol. The molecule has 0 spiro atoms. The summed E-state index contributed by atoms with van der Waals surface area (Å²) in [4.78, 5) is 25.7. The Morgan fingerprint density at radius 3 is 2.75 bits per heavy atom. The molecule has 3 rings (SSSR count). The summed E-state index contributed by atoms with van der Waals surface area (Å²) in [6.07, 6.45) is 7.03. The summed E-state index contributed by atoms with van der Waals surface area (Å²) >= 11 is 0. The van der Waals surface area contributed by atoms with Gasteiger partial charge in [-0.05, 0) is 55.0 Å². The topological polar surface area (TPSA) is 70.4 Å². The first kappa shape index (κ1) is 19.7. The van der Waals surface area contributed by atoms with Gasteiger partial charge >= 0.3 is 5.97 Å². The van der Waals surface area contributed by atoms with Gasteiger partial charge in [0.15, 0.2) is 0 Å². The van der Waals surface area contributed by atoms with E-state index in [-0.39, 0.29) is 11.9 Å². The van der Waals surface area contributed by atoms with E-state index in [2.05, 4.69) is 23.0 Å². The molecule has 2 aliphatic rings. The fourth-order valence-corrected chi connectivity index (χ4v) is 3.87. The normalized spacial score (nSPS) is 19.2. The van der Waals surface area contributed by atoms with Crippen molar-refractivity contribution in [2.45, 2.75) is 32.6 Å². The number of nitrogens with zero attached hydrogens (tertiary/aromatic N) is 2. The number of piperidine rings is 1. The lowest BCUT2D eigenvalue weighted by Crippen LogP contribution is -2.36. The fraction of sp³-hybridized carbons (Fsp3) is 0.391. The van der Waals surface area contributed by atoms with Crippen molar-refractivity contribution in [2.24, 2.45) is 5.92 Å². The Balaban J connectivity index is 1.75. The number of hydrogen-bond donors (Lipinski definition) is 0. The summed E-state index contributed by atoms with van der Waals surface area (Å²) in [5.74, 6) is 2.25. The molecule has 1 saturated heterocycles. The molecule has 1 aliphatic heterocycles. The van der Waals surface area contributed by atoms with Crippen molar-refractivity contribution in [3.05, 3.63) is 58.8 Å². The molecule has 1 heterocycles. The number of ether oxygens (including phenoxy) is 1. The second-order valence-corrected chi connectivity index (χ2v) is 7.15. The van der Waals surface area contributed by atoms with Crippen molar-refractivity contribution in [3.63, 3.8) is 0 Å². The highest BCUT2D eigenvalue weighted by molar-refractivity contribution is 5.89. The molecule has 0 radical (unpaired) electrons. The van der Waals surface area contributed by atoms with Crippen molar-refractivity contribution in [3.8, 4) is 6.07 Å². The molecule has 0 aromatic heterocycles. The Bertz CT molecular complexity index is 883. The van der Waals surface area contributed by atoms with Gasteiger partial charge in [-0.15, -0.1) is 0 Å². The molecule has 1 fully saturated rings. The lowest BCUT2D eigenvalue weighted by molar-refractivity contribution is -0.144. The zero-order valence-corrected chi connectivity index (χ0v) is 16.1. The number of rotatable bonds is 5. The summed E-state index contributed by atoms with van der Waals surface area (Å²) in [6.45, 7) is 3.97. The summed E-state index contributed by atoms with van der Waals surface area (Å²) in [6, 6.07) is 9.32. The van der Waals surface area contributed by atoms with Crippen molar-refractivity contribution in [2.75, 3.05) is 19.7 Å². The van der Waals surface area contributed by atoms with E-state index in [0.29, 0.717) is 30.6 Å². The van der Waals surface area contributed by atoms with E-state index in [1.165, 1.54) is 0 Å². The van der Waals surface area contributed by atoms with Gasteiger partial charge in [0.1, 0.15) is 5.94 Å². The van der Waals surface area contributed by atoms with Gasteiger partial charge < -0.3 is 9.64 Å². The molecule has 0 amide bonds. The number of allylic oxidation sites excluding steroid dienone is 4. The van der Waals surface area contributed by atoms with Crippen LogP contribution in [-0.2, 0) is 14.3 Å². The highest BCUT2D eigenvalue weighted by Crippen LogP contribution is 2.34. The number of benzene rings is 1. The molecule has 28 heavy (non-hydrogen) atoms. The maximum atomic E-state index is 11.8. The van der Waals surface area contributed by atoms with Crippen molar-refractivity contribution in [1.29, 1.82) is 5.26 Å². The molecule has 1 aliphatic carbocycles. The molecule has 1 aromatic rings. The van der Waals surface area contributed by atoms with Gasteiger partial charge in [-0.1, -0.05) is 18.2 Å². The maximum absolute atomic E-state index is 11.8. The largest absolute Gasteiger partial charge is 0.466 e. The van der Waals surface area contributed by atoms with Crippen LogP contribution in [0.2, 0.25) is 0 Å². The highest BCUT2D eigenvalue weighted by Gasteiger charge is 2.26. The van der Waals surface area contributed by atoms with Crippen LogP contribution in [0.3, 0.4) is 0 Å². The van der Waals surface area contributed by atoms with Gasteiger partial charge in [0.2, 0.25) is 0 Å². The molecule has 1 aromatic carbocycles. The lowest BCUT2D eigenvalue weighted by atomic mass is 9.89. The third kappa shape index (κ3) is 4.60. The van der Waals surface area contributed by atoms with Gasteiger partial charge in [0.25, 0.3) is 0 Å². The van der Waals surface area contributed by atoms with Crippen LogP contribution in [-0.4, -0.2) is 36.5 Å². The Morgan fingerprint density at radius 1 is 1.29 bits per heavy atom. The van der Waals surface area contributed by atoms with E-state index >= 15 is 0 Å². The second kappa shape index (κ2) is 9.21. The van der Waals surface area contributed by atoms with Crippen LogP contribution in [0.15, 0.2) is 47.7 Å². The predicted octanol–water partition coefficient (Wildman–Crippen LogP) is 3.65. The number of carbonyl (C=O) groups excluding carboxylic acids is 2. The fourth-order valence-electron chi connectivity index (χ4n) is 3.87. The Hall–Kier alpha value is -3.09. The van der Waals surface area contributed by atoms with E-state index in [0.717, 1.165) is 42.8 Å². The summed E-state index contributed by atoms with van der Waals surface area (Å²) in [7, 11) is 0. The first-order valence-corrected chi connectivity index (χ1v) is 9.71. The highest BCUT2D eigenvalue weighted by atomic mass is 16.5. The quantitative estimate of drug-likeness (QED) is 0.579. The van der Waals surface area contributed by atoms with E-state index in [4.69, 9.17) is 10.00 Å². The van der Waals surface area contributed by atoms with E-state index in [1.54, 1.807) is 12.1 Å².